The predicted octanol–water partition coefficient (Wildman–Crippen LogP) is 7.42. The van der Waals surface area contributed by atoms with Crippen molar-refractivity contribution >= 4 is 47.0 Å². The van der Waals surface area contributed by atoms with Crippen LogP contribution in [0.4, 0.5) is 0 Å². The maximum absolute atomic E-state index is 3.82. The molecule has 0 amide bonds. The molecule has 3 aromatic rings. The summed E-state index contributed by atoms with van der Waals surface area (Å²) in [4.78, 5) is 9.44. The number of aromatic amines is 1. The molecule has 5 rings (SSSR count). The van der Waals surface area contributed by atoms with Gasteiger partial charge in [-0.2, -0.15) is 0 Å². The predicted molar refractivity (Wildman–Crippen MR) is 112 cm³/mol. The minimum atomic E-state index is 0.434. The summed E-state index contributed by atoms with van der Waals surface area (Å²) in [5.41, 5.74) is 5.61. The molecule has 0 unspecified atom stereocenters. The number of H-pyrrole nitrogens is 1. The quantitative estimate of drug-likeness (QED) is 0.482. The summed E-state index contributed by atoms with van der Waals surface area (Å²) in [6.07, 6.45) is 0. The first-order chi connectivity index (χ1) is 12.2. The van der Waals surface area contributed by atoms with Crippen LogP contribution in [-0.2, 0) is 0 Å². The molecule has 2 aliphatic rings. The van der Waals surface area contributed by atoms with Gasteiger partial charge >= 0.3 is 0 Å². The number of fused-ring (bicyclic) bond motifs is 2. The lowest BCUT2D eigenvalue weighted by molar-refractivity contribution is 1.12. The van der Waals surface area contributed by atoms with E-state index in [-0.39, 0.29) is 0 Å². The molecule has 0 saturated carbocycles. The van der Waals surface area contributed by atoms with Gasteiger partial charge in [-0.15, -0.1) is 47.0 Å². The SMILES string of the molecule is Cc1c(C2Sc3ccccc3S2)[nH]c(C2Sc3ccccc3S2)c1C. The highest BCUT2D eigenvalue weighted by Crippen LogP contribution is 2.60. The lowest BCUT2D eigenvalue weighted by Crippen LogP contribution is -1.90. The second kappa shape index (κ2) is 6.38. The van der Waals surface area contributed by atoms with Gasteiger partial charge in [-0.1, -0.05) is 24.3 Å². The van der Waals surface area contributed by atoms with E-state index in [1.807, 2.05) is 47.0 Å². The Morgan fingerprint density at radius 1 is 0.600 bits per heavy atom. The van der Waals surface area contributed by atoms with Crippen LogP contribution in [0.5, 0.6) is 0 Å². The molecule has 1 nitrogen and oxygen atoms in total. The Balaban J connectivity index is 1.46. The molecule has 0 atom stereocenters. The molecule has 0 aliphatic carbocycles. The van der Waals surface area contributed by atoms with Gasteiger partial charge in [-0.05, 0) is 49.2 Å². The van der Waals surface area contributed by atoms with Crippen LogP contribution in [0, 0.1) is 13.8 Å². The molecule has 5 heteroatoms. The van der Waals surface area contributed by atoms with Gasteiger partial charge < -0.3 is 4.98 Å². The Bertz CT molecular complexity index is 836. The first-order valence-electron chi connectivity index (χ1n) is 8.24. The second-order valence-corrected chi connectivity index (χ2v) is 11.4. The highest BCUT2D eigenvalue weighted by Gasteiger charge is 2.32. The number of hydrogen-bond donors (Lipinski definition) is 1. The van der Waals surface area contributed by atoms with Crippen molar-refractivity contribution in [2.45, 2.75) is 42.6 Å². The van der Waals surface area contributed by atoms with Crippen molar-refractivity contribution in [2.24, 2.45) is 0 Å². The molecule has 2 aliphatic heterocycles. The van der Waals surface area contributed by atoms with E-state index in [1.165, 1.54) is 42.1 Å². The summed E-state index contributed by atoms with van der Waals surface area (Å²) in [6, 6.07) is 17.5. The minimum Gasteiger partial charge on any atom is -0.359 e. The van der Waals surface area contributed by atoms with E-state index < -0.39 is 0 Å². The monoisotopic (exact) mass is 399 g/mol. The van der Waals surface area contributed by atoms with Crippen LogP contribution >= 0.6 is 47.0 Å². The molecule has 0 fully saturated rings. The van der Waals surface area contributed by atoms with Crippen LogP contribution in [0.3, 0.4) is 0 Å². The first-order valence-corrected chi connectivity index (χ1v) is 11.8. The molecule has 126 valence electrons. The van der Waals surface area contributed by atoms with Crippen LogP contribution in [0.15, 0.2) is 68.1 Å². The normalized spacial score (nSPS) is 17.0. The van der Waals surface area contributed by atoms with Gasteiger partial charge in [-0.25, -0.2) is 0 Å². The van der Waals surface area contributed by atoms with Gasteiger partial charge in [0.1, 0.15) is 0 Å². The summed E-state index contributed by atoms with van der Waals surface area (Å²) in [5, 5.41) is 0. The van der Waals surface area contributed by atoms with Crippen molar-refractivity contribution < 1.29 is 0 Å². The van der Waals surface area contributed by atoms with Crippen LogP contribution in [0.2, 0.25) is 0 Å². The van der Waals surface area contributed by atoms with E-state index in [4.69, 9.17) is 0 Å². The average Bonchev–Trinajstić information content (AvgIpc) is 3.31. The van der Waals surface area contributed by atoms with E-state index in [0.29, 0.717) is 9.16 Å². The molecule has 0 spiro atoms. The lowest BCUT2D eigenvalue weighted by atomic mass is 10.1. The molecular formula is C20H17NS4. The van der Waals surface area contributed by atoms with Crippen molar-refractivity contribution in [1.29, 1.82) is 0 Å². The number of hydrogen-bond acceptors (Lipinski definition) is 4. The van der Waals surface area contributed by atoms with Gasteiger partial charge in [0, 0.05) is 31.0 Å². The largest absolute Gasteiger partial charge is 0.359 e. The van der Waals surface area contributed by atoms with E-state index in [9.17, 15) is 0 Å². The van der Waals surface area contributed by atoms with Crippen molar-refractivity contribution in [2.75, 3.05) is 0 Å². The Hall–Kier alpha value is -0.880. The second-order valence-electron chi connectivity index (χ2n) is 6.23. The third-order valence-electron chi connectivity index (χ3n) is 4.75. The van der Waals surface area contributed by atoms with Crippen molar-refractivity contribution in [3.05, 3.63) is 71.0 Å². The molecule has 25 heavy (non-hydrogen) atoms. The smallest absolute Gasteiger partial charge is 0.0997 e. The number of benzene rings is 2. The van der Waals surface area contributed by atoms with Gasteiger partial charge in [0.25, 0.3) is 0 Å². The summed E-state index contributed by atoms with van der Waals surface area (Å²) >= 11 is 7.89. The van der Waals surface area contributed by atoms with Gasteiger partial charge in [0.05, 0.1) is 9.16 Å². The Morgan fingerprint density at radius 3 is 1.24 bits per heavy atom. The Labute approximate surface area is 165 Å². The fourth-order valence-electron chi connectivity index (χ4n) is 3.24. The number of nitrogens with one attached hydrogen (secondary N) is 1. The van der Waals surface area contributed by atoms with E-state index in [2.05, 4.69) is 67.4 Å². The average molecular weight is 400 g/mol. The zero-order chi connectivity index (χ0) is 17.0. The number of rotatable bonds is 2. The summed E-state index contributed by atoms with van der Waals surface area (Å²) in [5.74, 6) is 0. The summed E-state index contributed by atoms with van der Waals surface area (Å²) in [6.45, 7) is 4.54. The van der Waals surface area contributed by atoms with E-state index in [1.54, 1.807) is 0 Å². The molecular weight excluding hydrogens is 382 g/mol. The van der Waals surface area contributed by atoms with Crippen LogP contribution in [0.1, 0.15) is 31.7 Å². The minimum absolute atomic E-state index is 0.434. The fourth-order valence-corrected chi connectivity index (χ4v) is 9.15. The third kappa shape index (κ3) is 2.76. The molecule has 2 aromatic carbocycles. The standard InChI is InChI=1S/C20H17NS4/c1-11-12(2)18(20-24-15-9-5-6-10-16(15)25-20)21-17(11)19-22-13-7-3-4-8-14(13)23-19/h3-10,19-21H,1-2H3. The molecule has 3 heterocycles. The fraction of sp³-hybridized carbons (Fsp3) is 0.200. The highest BCUT2D eigenvalue weighted by atomic mass is 32.2. The topological polar surface area (TPSA) is 15.8 Å². The molecule has 1 aromatic heterocycles. The van der Waals surface area contributed by atoms with Gasteiger partial charge in [0.2, 0.25) is 0 Å². The molecule has 0 radical (unpaired) electrons. The Morgan fingerprint density at radius 2 is 0.920 bits per heavy atom. The van der Waals surface area contributed by atoms with E-state index >= 15 is 0 Å². The maximum Gasteiger partial charge on any atom is 0.0997 e. The lowest BCUT2D eigenvalue weighted by Gasteiger charge is -2.08. The van der Waals surface area contributed by atoms with Crippen molar-refractivity contribution in [1.82, 2.24) is 4.98 Å². The highest BCUT2D eigenvalue weighted by molar-refractivity contribution is 8.19. The maximum atomic E-state index is 3.82. The summed E-state index contributed by atoms with van der Waals surface area (Å²) in [7, 11) is 0. The van der Waals surface area contributed by atoms with Crippen molar-refractivity contribution in [3.8, 4) is 0 Å². The zero-order valence-corrected chi connectivity index (χ0v) is 17.2. The molecule has 1 N–H and O–H groups in total. The third-order valence-corrected chi connectivity index (χ3v) is 10.4. The Kier molecular flexibility index (Phi) is 4.16. The zero-order valence-electron chi connectivity index (χ0n) is 13.9. The summed E-state index contributed by atoms with van der Waals surface area (Å²) < 4.78 is 0.868. The molecule has 0 saturated heterocycles. The van der Waals surface area contributed by atoms with Gasteiger partial charge in [0.15, 0.2) is 0 Å². The van der Waals surface area contributed by atoms with Gasteiger partial charge in [-0.3, -0.25) is 0 Å². The first kappa shape index (κ1) is 16.3. The molecule has 0 bridgehead atoms. The number of aromatic nitrogens is 1. The van der Waals surface area contributed by atoms with E-state index in [0.717, 1.165) is 0 Å². The van der Waals surface area contributed by atoms with Crippen LogP contribution in [0.25, 0.3) is 0 Å². The number of thioether (sulfide) groups is 4. The van der Waals surface area contributed by atoms with Crippen molar-refractivity contribution in [3.63, 3.8) is 0 Å². The van der Waals surface area contributed by atoms with Crippen LogP contribution < -0.4 is 0 Å². The van der Waals surface area contributed by atoms with Crippen LogP contribution in [-0.4, -0.2) is 4.98 Å².